The average Bonchev–Trinajstić information content (AvgIpc) is 2.25. The van der Waals surface area contributed by atoms with Gasteiger partial charge in [0.25, 0.3) is 0 Å². The second kappa shape index (κ2) is 6.33. The van der Waals surface area contributed by atoms with Crippen LogP contribution < -0.4 is 16.0 Å². The molecule has 0 spiro atoms. The van der Waals surface area contributed by atoms with E-state index in [4.69, 9.17) is 0 Å². The summed E-state index contributed by atoms with van der Waals surface area (Å²) in [5, 5.41) is 9.45. The predicted molar refractivity (Wildman–Crippen MR) is 70.0 cm³/mol. The second-order valence-electron chi connectivity index (χ2n) is 5.83. The van der Waals surface area contributed by atoms with Crippen molar-refractivity contribution in [3.8, 4) is 0 Å². The van der Waals surface area contributed by atoms with Gasteiger partial charge in [0, 0.05) is 32.7 Å². The fourth-order valence-electron chi connectivity index (χ4n) is 2.20. The van der Waals surface area contributed by atoms with Crippen molar-refractivity contribution in [3.05, 3.63) is 0 Å². The van der Waals surface area contributed by atoms with Gasteiger partial charge < -0.3 is 20.9 Å². The van der Waals surface area contributed by atoms with Gasteiger partial charge in [0.15, 0.2) is 0 Å². The lowest BCUT2D eigenvalue weighted by molar-refractivity contribution is -0.123. The molecule has 0 saturated carbocycles. The highest BCUT2D eigenvalue weighted by Gasteiger charge is 2.24. The Kier molecular flexibility index (Phi) is 5.36. The maximum Gasteiger partial charge on any atom is 0.238 e. The first-order valence-corrected chi connectivity index (χ1v) is 6.27. The molecule has 0 aromatic rings. The van der Waals surface area contributed by atoms with Crippen LogP contribution in [-0.4, -0.2) is 63.7 Å². The molecule has 5 heteroatoms. The van der Waals surface area contributed by atoms with E-state index < -0.39 is 0 Å². The zero-order chi connectivity index (χ0) is 12.9. The van der Waals surface area contributed by atoms with E-state index in [1.54, 1.807) is 0 Å². The van der Waals surface area contributed by atoms with Gasteiger partial charge in [-0.25, -0.2) is 0 Å². The van der Waals surface area contributed by atoms with E-state index in [2.05, 4.69) is 48.8 Å². The number of hydrogen-bond acceptors (Lipinski definition) is 4. The minimum absolute atomic E-state index is 0.0843. The number of carbonyl (C=O) groups is 1. The van der Waals surface area contributed by atoms with Gasteiger partial charge in [0.2, 0.25) is 5.91 Å². The average molecular weight is 242 g/mol. The summed E-state index contributed by atoms with van der Waals surface area (Å²) in [4.78, 5) is 14.0. The zero-order valence-corrected chi connectivity index (χ0v) is 11.5. The van der Waals surface area contributed by atoms with Crippen LogP contribution in [-0.2, 0) is 4.79 Å². The Hall–Kier alpha value is -0.650. The molecule has 1 saturated heterocycles. The van der Waals surface area contributed by atoms with Gasteiger partial charge >= 0.3 is 0 Å². The van der Waals surface area contributed by atoms with E-state index in [1.165, 1.54) is 0 Å². The molecule has 0 aromatic heterocycles. The van der Waals surface area contributed by atoms with Gasteiger partial charge in [-0.15, -0.1) is 0 Å². The van der Waals surface area contributed by atoms with Gasteiger partial charge in [-0.3, -0.25) is 4.79 Å². The first kappa shape index (κ1) is 14.4. The molecule has 0 radical (unpaired) electrons. The lowest BCUT2D eigenvalue weighted by Crippen LogP contribution is -2.56. The van der Waals surface area contributed by atoms with E-state index in [1.807, 2.05) is 0 Å². The zero-order valence-electron chi connectivity index (χ0n) is 11.5. The van der Waals surface area contributed by atoms with Crippen LogP contribution >= 0.6 is 0 Å². The molecule has 100 valence electrons. The largest absolute Gasteiger partial charge is 0.354 e. The third kappa shape index (κ3) is 5.48. The quantitative estimate of drug-likeness (QED) is 0.594. The highest BCUT2D eigenvalue weighted by Crippen LogP contribution is 2.14. The Morgan fingerprint density at radius 3 is 2.65 bits per heavy atom. The van der Waals surface area contributed by atoms with Crippen molar-refractivity contribution in [2.24, 2.45) is 5.41 Å². The molecule has 1 fully saturated rings. The van der Waals surface area contributed by atoms with Crippen LogP contribution in [0.2, 0.25) is 0 Å². The van der Waals surface area contributed by atoms with Gasteiger partial charge in [-0.1, -0.05) is 13.8 Å². The summed E-state index contributed by atoms with van der Waals surface area (Å²) in [6.07, 6.45) is 0. The first-order valence-electron chi connectivity index (χ1n) is 6.27. The molecule has 0 bridgehead atoms. The molecule has 0 aromatic carbocycles. The van der Waals surface area contributed by atoms with Crippen molar-refractivity contribution in [2.45, 2.75) is 19.9 Å². The molecule has 1 amide bonds. The van der Waals surface area contributed by atoms with Crippen LogP contribution in [0.5, 0.6) is 0 Å². The van der Waals surface area contributed by atoms with E-state index >= 15 is 0 Å². The molecule has 1 unspecified atom stereocenters. The molecule has 1 aliphatic rings. The van der Waals surface area contributed by atoms with Gasteiger partial charge in [0.1, 0.15) is 0 Å². The fourth-order valence-corrected chi connectivity index (χ4v) is 2.20. The normalized spacial score (nSPS) is 21.6. The minimum Gasteiger partial charge on any atom is -0.354 e. The van der Waals surface area contributed by atoms with Gasteiger partial charge in [-0.2, -0.15) is 0 Å². The van der Waals surface area contributed by atoms with E-state index in [9.17, 15) is 4.79 Å². The SMILES string of the molecule is CN(C)CC(C)(C)CNC(=O)C1CNCCN1. The Morgan fingerprint density at radius 2 is 2.12 bits per heavy atom. The number of rotatable bonds is 5. The van der Waals surface area contributed by atoms with Crippen LogP contribution in [0, 0.1) is 5.41 Å². The molecule has 1 rings (SSSR count). The molecule has 1 aliphatic heterocycles. The van der Waals surface area contributed by atoms with E-state index in [-0.39, 0.29) is 17.4 Å². The molecular formula is C12H26N4O. The summed E-state index contributed by atoms with van der Waals surface area (Å²) >= 11 is 0. The van der Waals surface area contributed by atoms with Crippen molar-refractivity contribution in [1.82, 2.24) is 20.9 Å². The number of nitrogens with zero attached hydrogens (tertiary/aromatic N) is 1. The third-order valence-electron chi connectivity index (χ3n) is 2.84. The predicted octanol–water partition coefficient (Wildman–Crippen LogP) is -0.748. The lowest BCUT2D eigenvalue weighted by atomic mass is 9.93. The summed E-state index contributed by atoms with van der Waals surface area (Å²) in [7, 11) is 4.10. The van der Waals surface area contributed by atoms with E-state index in [0.717, 1.165) is 26.2 Å². The Labute approximate surface area is 104 Å². The Balaban J connectivity index is 2.31. The summed E-state index contributed by atoms with van der Waals surface area (Å²) in [5.74, 6) is 0.101. The maximum absolute atomic E-state index is 11.9. The summed E-state index contributed by atoms with van der Waals surface area (Å²) < 4.78 is 0. The van der Waals surface area contributed by atoms with Crippen LogP contribution in [0.15, 0.2) is 0 Å². The molecule has 1 heterocycles. The van der Waals surface area contributed by atoms with E-state index in [0.29, 0.717) is 6.54 Å². The van der Waals surface area contributed by atoms with Gasteiger partial charge in [0.05, 0.1) is 6.04 Å². The highest BCUT2D eigenvalue weighted by molar-refractivity contribution is 5.82. The molecule has 0 aliphatic carbocycles. The van der Waals surface area contributed by atoms with Gasteiger partial charge in [-0.05, 0) is 19.5 Å². The Morgan fingerprint density at radius 1 is 1.41 bits per heavy atom. The van der Waals surface area contributed by atoms with Crippen LogP contribution in [0.4, 0.5) is 0 Å². The minimum atomic E-state index is -0.0843. The molecular weight excluding hydrogens is 216 g/mol. The van der Waals surface area contributed by atoms with Crippen LogP contribution in [0.3, 0.4) is 0 Å². The molecule has 1 atom stereocenters. The van der Waals surface area contributed by atoms with Crippen molar-refractivity contribution in [1.29, 1.82) is 0 Å². The topological polar surface area (TPSA) is 56.4 Å². The third-order valence-corrected chi connectivity index (χ3v) is 2.84. The fraction of sp³-hybridized carbons (Fsp3) is 0.917. The summed E-state index contributed by atoms with van der Waals surface area (Å²) in [6.45, 7) is 8.53. The summed E-state index contributed by atoms with van der Waals surface area (Å²) in [6, 6.07) is -0.0843. The van der Waals surface area contributed by atoms with Crippen molar-refractivity contribution >= 4 is 5.91 Å². The van der Waals surface area contributed by atoms with Crippen LogP contribution in [0.1, 0.15) is 13.8 Å². The highest BCUT2D eigenvalue weighted by atomic mass is 16.2. The number of nitrogens with one attached hydrogen (secondary N) is 3. The number of amides is 1. The monoisotopic (exact) mass is 242 g/mol. The Bertz CT molecular complexity index is 247. The lowest BCUT2D eigenvalue weighted by Gasteiger charge is -2.30. The first-order chi connectivity index (χ1) is 7.91. The second-order valence-corrected chi connectivity index (χ2v) is 5.83. The maximum atomic E-state index is 11.9. The number of hydrogen-bond donors (Lipinski definition) is 3. The number of piperazine rings is 1. The van der Waals surface area contributed by atoms with Crippen molar-refractivity contribution in [3.63, 3.8) is 0 Å². The number of carbonyl (C=O) groups excluding carboxylic acids is 1. The molecule has 3 N–H and O–H groups in total. The molecule has 5 nitrogen and oxygen atoms in total. The van der Waals surface area contributed by atoms with Crippen molar-refractivity contribution < 1.29 is 4.79 Å². The smallest absolute Gasteiger partial charge is 0.238 e. The van der Waals surface area contributed by atoms with Crippen molar-refractivity contribution in [2.75, 3.05) is 46.8 Å². The summed E-state index contributed by atoms with van der Waals surface area (Å²) in [5.41, 5.74) is 0.0985. The standard InChI is InChI=1S/C12H26N4O/c1-12(2,9-16(3)4)8-15-11(17)10-7-13-5-6-14-10/h10,13-14H,5-9H2,1-4H3,(H,15,17). The molecule has 17 heavy (non-hydrogen) atoms. The van der Waals surface area contributed by atoms with Crippen LogP contribution in [0.25, 0.3) is 0 Å².